The van der Waals surface area contributed by atoms with Crippen molar-refractivity contribution in [1.29, 1.82) is 0 Å². The number of amides is 1. The summed E-state index contributed by atoms with van der Waals surface area (Å²) in [7, 11) is 0. The summed E-state index contributed by atoms with van der Waals surface area (Å²) in [5.74, 6) is -0.0662. The normalized spacial score (nSPS) is 10.1. The summed E-state index contributed by atoms with van der Waals surface area (Å²) in [6.07, 6.45) is 1.73. The maximum absolute atomic E-state index is 11.4. The third kappa shape index (κ3) is 4.42. The summed E-state index contributed by atoms with van der Waals surface area (Å²) in [6.45, 7) is 0.0848. The van der Waals surface area contributed by atoms with Crippen LogP contribution >= 0.6 is 0 Å². The minimum Gasteiger partial charge on any atom is -0.396 e. The second kappa shape index (κ2) is 6.98. The fraction of sp³-hybridized carbons (Fsp3) is 0.417. The standard InChI is InChI=1S/C12H17NO3/c14-7-2-1-6-12(16)13-11-5-3-4-10(8-11)9-15/h3-5,8,14-15H,1-2,6-7,9H2,(H,13,16). The van der Waals surface area contributed by atoms with Gasteiger partial charge >= 0.3 is 0 Å². The van der Waals surface area contributed by atoms with Crippen molar-refractivity contribution in [3.63, 3.8) is 0 Å². The maximum Gasteiger partial charge on any atom is 0.224 e. The van der Waals surface area contributed by atoms with Gasteiger partial charge < -0.3 is 15.5 Å². The number of nitrogens with one attached hydrogen (secondary N) is 1. The fourth-order valence-electron chi connectivity index (χ4n) is 1.37. The highest BCUT2D eigenvalue weighted by atomic mass is 16.3. The van der Waals surface area contributed by atoms with Crippen molar-refractivity contribution >= 4 is 11.6 Å². The van der Waals surface area contributed by atoms with Gasteiger partial charge in [-0.25, -0.2) is 0 Å². The van der Waals surface area contributed by atoms with Crippen molar-refractivity contribution in [3.8, 4) is 0 Å². The molecule has 0 aliphatic heterocycles. The van der Waals surface area contributed by atoms with Gasteiger partial charge in [0.15, 0.2) is 0 Å². The van der Waals surface area contributed by atoms with Crippen LogP contribution in [0, 0.1) is 0 Å². The molecule has 0 fully saturated rings. The molecular weight excluding hydrogens is 206 g/mol. The van der Waals surface area contributed by atoms with Gasteiger partial charge in [0.05, 0.1) is 6.61 Å². The van der Waals surface area contributed by atoms with Gasteiger partial charge in [-0.15, -0.1) is 0 Å². The molecule has 0 radical (unpaired) electrons. The summed E-state index contributed by atoms with van der Waals surface area (Å²) >= 11 is 0. The minimum absolute atomic E-state index is 0.0335. The average Bonchev–Trinajstić information content (AvgIpc) is 2.29. The van der Waals surface area contributed by atoms with E-state index in [1.807, 2.05) is 0 Å². The fourth-order valence-corrected chi connectivity index (χ4v) is 1.37. The Morgan fingerprint density at radius 1 is 1.25 bits per heavy atom. The molecular formula is C12H17NO3. The first kappa shape index (κ1) is 12.7. The second-order valence-corrected chi connectivity index (χ2v) is 3.59. The van der Waals surface area contributed by atoms with E-state index >= 15 is 0 Å². The maximum atomic E-state index is 11.4. The predicted molar refractivity (Wildman–Crippen MR) is 61.9 cm³/mol. The lowest BCUT2D eigenvalue weighted by Crippen LogP contribution is -2.11. The summed E-state index contributed by atoms with van der Waals surface area (Å²) in [4.78, 5) is 11.4. The molecule has 88 valence electrons. The largest absolute Gasteiger partial charge is 0.396 e. The lowest BCUT2D eigenvalue weighted by Gasteiger charge is -2.06. The molecule has 0 unspecified atom stereocenters. The number of unbranched alkanes of at least 4 members (excludes halogenated alkanes) is 1. The average molecular weight is 223 g/mol. The highest BCUT2D eigenvalue weighted by Crippen LogP contribution is 2.11. The van der Waals surface area contributed by atoms with Crippen LogP contribution in [0.4, 0.5) is 5.69 Å². The molecule has 4 nitrogen and oxygen atoms in total. The molecule has 1 rings (SSSR count). The molecule has 0 aliphatic rings. The number of benzene rings is 1. The second-order valence-electron chi connectivity index (χ2n) is 3.59. The zero-order chi connectivity index (χ0) is 11.8. The molecule has 0 saturated heterocycles. The van der Waals surface area contributed by atoms with Crippen LogP contribution < -0.4 is 5.32 Å². The number of rotatable bonds is 6. The van der Waals surface area contributed by atoms with E-state index in [9.17, 15) is 4.79 Å². The van der Waals surface area contributed by atoms with E-state index in [-0.39, 0.29) is 19.1 Å². The van der Waals surface area contributed by atoms with Crippen LogP contribution in [0.25, 0.3) is 0 Å². The van der Waals surface area contributed by atoms with Gasteiger partial charge in [0.2, 0.25) is 5.91 Å². The van der Waals surface area contributed by atoms with Crippen LogP contribution in [0.15, 0.2) is 24.3 Å². The van der Waals surface area contributed by atoms with E-state index in [0.29, 0.717) is 24.9 Å². The number of hydrogen-bond donors (Lipinski definition) is 3. The highest BCUT2D eigenvalue weighted by molar-refractivity contribution is 5.90. The Labute approximate surface area is 94.9 Å². The molecule has 4 heteroatoms. The van der Waals surface area contributed by atoms with E-state index in [1.165, 1.54) is 0 Å². The van der Waals surface area contributed by atoms with Crippen molar-refractivity contribution in [3.05, 3.63) is 29.8 Å². The number of anilines is 1. The molecule has 3 N–H and O–H groups in total. The molecule has 0 aliphatic carbocycles. The summed E-state index contributed by atoms with van der Waals surface area (Å²) in [6, 6.07) is 7.10. The lowest BCUT2D eigenvalue weighted by molar-refractivity contribution is -0.116. The number of hydrogen-bond acceptors (Lipinski definition) is 3. The Morgan fingerprint density at radius 3 is 2.75 bits per heavy atom. The SMILES string of the molecule is O=C(CCCCO)Nc1cccc(CO)c1. The molecule has 0 atom stereocenters. The molecule has 1 aromatic rings. The van der Waals surface area contributed by atoms with Crippen molar-refractivity contribution in [2.45, 2.75) is 25.9 Å². The smallest absolute Gasteiger partial charge is 0.224 e. The Balaban J connectivity index is 2.43. The Kier molecular flexibility index (Phi) is 5.53. The number of carbonyl (C=O) groups excluding carboxylic acids is 1. The van der Waals surface area contributed by atoms with E-state index in [0.717, 1.165) is 5.56 Å². The summed E-state index contributed by atoms with van der Waals surface area (Å²) < 4.78 is 0. The molecule has 0 bridgehead atoms. The van der Waals surface area contributed by atoms with Gasteiger partial charge in [0.1, 0.15) is 0 Å². The topological polar surface area (TPSA) is 69.6 Å². The highest BCUT2D eigenvalue weighted by Gasteiger charge is 2.02. The van der Waals surface area contributed by atoms with E-state index in [4.69, 9.17) is 10.2 Å². The number of carbonyl (C=O) groups is 1. The van der Waals surface area contributed by atoms with Gasteiger partial charge in [-0.1, -0.05) is 12.1 Å². The zero-order valence-electron chi connectivity index (χ0n) is 9.15. The van der Waals surface area contributed by atoms with E-state index in [1.54, 1.807) is 24.3 Å². The number of aliphatic hydroxyl groups is 2. The molecule has 0 heterocycles. The summed E-state index contributed by atoms with van der Waals surface area (Å²) in [5, 5.41) is 20.3. The first-order chi connectivity index (χ1) is 7.76. The summed E-state index contributed by atoms with van der Waals surface area (Å²) in [5.41, 5.74) is 1.47. The van der Waals surface area contributed by atoms with Gasteiger partial charge in [0.25, 0.3) is 0 Å². The van der Waals surface area contributed by atoms with Crippen LogP contribution in [-0.4, -0.2) is 22.7 Å². The minimum atomic E-state index is -0.0662. The molecule has 0 saturated carbocycles. The van der Waals surface area contributed by atoms with E-state index < -0.39 is 0 Å². The molecule has 0 spiro atoms. The number of aliphatic hydroxyl groups excluding tert-OH is 2. The van der Waals surface area contributed by atoms with Crippen LogP contribution in [0.5, 0.6) is 0 Å². The zero-order valence-corrected chi connectivity index (χ0v) is 9.15. The van der Waals surface area contributed by atoms with Crippen LogP contribution in [0.2, 0.25) is 0 Å². The van der Waals surface area contributed by atoms with Crippen molar-refractivity contribution in [1.82, 2.24) is 0 Å². The molecule has 1 aromatic carbocycles. The lowest BCUT2D eigenvalue weighted by atomic mass is 10.2. The van der Waals surface area contributed by atoms with Gasteiger partial charge in [-0.2, -0.15) is 0 Å². The van der Waals surface area contributed by atoms with Crippen LogP contribution in [0.1, 0.15) is 24.8 Å². The third-order valence-corrected chi connectivity index (χ3v) is 2.21. The van der Waals surface area contributed by atoms with Crippen LogP contribution in [0.3, 0.4) is 0 Å². The molecule has 16 heavy (non-hydrogen) atoms. The van der Waals surface area contributed by atoms with E-state index in [2.05, 4.69) is 5.32 Å². The van der Waals surface area contributed by atoms with Gasteiger partial charge in [-0.05, 0) is 30.5 Å². The Morgan fingerprint density at radius 2 is 2.06 bits per heavy atom. The molecule has 0 aromatic heterocycles. The quantitative estimate of drug-likeness (QED) is 0.636. The predicted octanol–water partition coefficient (Wildman–Crippen LogP) is 1.28. The Bertz CT molecular complexity index is 339. The molecule has 1 amide bonds. The first-order valence-electron chi connectivity index (χ1n) is 5.37. The van der Waals surface area contributed by atoms with Gasteiger partial charge in [0, 0.05) is 18.7 Å². The van der Waals surface area contributed by atoms with Gasteiger partial charge in [-0.3, -0.25) is 4.79 Å². The van der Waals surface area contributed by atoms with Crippen molar-refractivity contribution in [2.24, 2.45) is 0 Å². The van der Waals surface area contributed by atoms with Crippen molar-refractivity contribution < 1.29 is 15.0 Å². The first-order valence-corrected chi connectivity index (χ1v) is 5.37. The Hall–Kier alpha value is -1.39. The van der Waals surface area contributed by atoms with Crippen molar-refractivity contribution in [2.75, 3.05) is 11.9 Å². The third-order valence-electron chi connectivity index (χ3n) is 2.21. The van der Waals surface area contributed by atoms with Crippen LogP contribution in [-0.2, 0) is 11.4 Å². The monoisotopic (exact) mass is 223 g/mol.